The van der Waals surface area contributed by atoms with Crippen molar-refractivity contribution in [3.63, 3.8) is 0 Å². The molecule has 0 bridgehead atoms. The van der Waals surface area contributed by atoms with Crippen LogP contribution in [0, 0.1) is 0 Å². The average Bonchev–Trinajstić information content (AvgIpc) is 2.53. The summed E-state index contributed by atoms with van der Waals surface area (Å²) in [5, 5.41) is 11.3. The second-order valence-electron chi connectivity index (χ2n) is 2.92. The SMILES string of the molecule is CNC1CCc2c1nnn2C. The van der Waals surface area contributed by atoms with Gasteiger partial charge in [-0.15, -0.1) is 5.10 Å². The Balaban J connectivity index is 2.40. The Bertz CT molecular complexity index is 265. The molecule has 1 aliphatic rings. The minimum absolute atomic E-state index is 0.429. The van der Waals surface area contributed by atoms with Crippen molar-refractivity contribution in [1.29, 1.82) is 0 Å². The molecule has 0 spiro atoms. The van der Waals surface area contributed by atoms with Crippen molar-refractivity contribution in [2.24, 2.45) is 7.05 Å². The van der Waals surface area contributed by atoms with Gasteiger partial charge < -0.3 is 5.32 Å². The maximum absolute atomic E-state index is 4.10. The average molecular weight is 152 g/mol. The molecule has 60 valence electrons. The van der Waals surface area contributed by atoms with E-state index in [1.54, 1.807) is 0 Å². The van der Waals surface area contributed by atoms with Crippen LogP contribution in [0.4, 0.5) is 0 Å². The van der Waals surface area contributed by atoms with Gasteiger partial charge >= 0.3 is 0 Å². The number of aromatic nitrogens is 3. The fourth-order valence-electron chi connectivity index (χ4n) is 1.65. The lowest BCUT2D eigenvalue weighted by Gasteiger charge is -2.03. The first-order chi connectivity index (χ1) is 5.33. The Labute approximate surface area is 65.6 Å². The molecule has 0 amide bonds. The first-order valence-electron chi connectivity index (χ1n) is 3.88. The number of hydrogen-bond acceptors (Lipinski definition) is 3. The highest BCUT2D eigenvalue weighted by atomic mass is 15.4. The zero-order valence-electron chi connectivity index (χ0n) is 6.83. The normalized spacial score (nSPS) is 22.2. The van der Waals surface area contributed by atoms with Crippen LogP contribution < -0.4 is 5.32 Å². The van der Waals surface area contributed by atoms with E-state index in [4.69, 9.17) is 0 Å². The highest BCUT2D eigenvalue weighted by Gasteiger charge is 2.25. The van der Waals surface area contributed by atoms with Gasteiger partial charge in [0.1, 0.15) is 5.69 Å². The topological polar surface area (TPSA) is 42.7 Å². The molecule has 1 unspecified atom stereocenters. The predicted octanol–water partition coefficient (Wildman–Crippen LogP) is 0.0218. The fraction of sp³-hybridized carbons (Fsp3) is 0.714. The minimum atomic E-state index is 0.429. The summed E-state index contributed by atoms with van der Waals surface area (Å²) in [5.74, 6) is 0. The fourth-order valence-corrected chi connectivity index (χ4v) is 1.65. The van der Waals surface area contributed by atoms with Gasteiger partial charge in [-0.25, -0.2) is 0 Å². The summed E-state index contributed by atoms with van der Waals surface area (Å²) < 4.78 is 1.87. The Morgan fingerprint density at radius 3 is 3.18 bits per heavy atom. The van der Waals surface area contributed by atoms with E-state index >= 15 is 0 Å². The molecule has 1 aliphatic carbocycles. The smallest absolute Gasteiger partial charge is 0.103 e. The van der Waals surface area contributed by atoms with Crippen LogP contribution in [-0.2, 0) is 13.5 Å². The molecule has 1 atom stereocenters. The van der Waals surface area contributed by atoms with Crippen LogP contribution in [0.2, 0.25) is 0 Å². The van der Waals surface area contributed by atoms with Gasteiger partial charge in [0.15, 0.2) is 0 Å². The number of rotatable bonds is 1. The molecule has 0 fully saturated rings. The maximum Gasteiger partial charge on any atom is 0.103 e. The third kappa shape index (κ3) is 0.860. The third-order valence-electron chi connectivity index (χ3n) is 2.32. The Kier molecular flexibility index (Phi) is 1.42. The molecule has 1 heterocycles. The second-order valence-corrected chi connectivity index (χ2v) is 2.92. The zero-order valence-corrected chi connectivity index (χ0v) is 6.83. The summed E-state index contributed by atoms with van der Waals surface area (Å²) in [6, 6.07) is 0.429. The molecule has 0 aliphatic heterocycles. The summed E-state index contributed by atoms with van der Waals surface area (Å²) in [6.07, 6.45) is 2.26. The van der Waals surface area contributed by atoms with E-state index in [-0.39, 0.29) is 0 Å². The number of hydrogen-bond donors (Lipinski definition) is 1. The van der Waals surface area contributed by atoms with Gasteiger partial charge in [-0.05, 0) is 19.9 Å². The molecule has 1 aromatic rings. The van der Waals surface area contributed by atoms with Crippen LogP contribution in [0.3, 0.4) is 0 Å². The lowest BCUT2D eigenvalue weighted by atomic mass is 10.2. The maximum atomic E-state index is 4.10. The van der Waals surface area contributed by atoms with Gasteiger partial charge in [-0.1, -0.05) is 5.21 Å². The van der Waals surface area contributed by atoms with Crippen LogP contribution in [0.15, 0.2) is 0 Å². The van der Waals surface area contributed by atoms with Crippen molar-refractivity contribution < 1.29 is 0 Å². The van der Waals surface area contributed by atoms with E-state index in [0.717, 1.165) is 18.5 Å². The Morgan fingerprint density at radius 2 is 2.45 bits per heavy atom. The van der Waals surface area contributed by atoms with Gasteiger partial charge in [-0.3, -0.25) is 4.68 Å². The summed E-state index contributed by atoms with van der Waals surface area (Å²) in [5.41, 5.74) is 2.42. The van der Waals surface area contributed by atoms with Crippen LogP contribution in [0.5, 0.6) is 0 Å². The van der Waals surface area contributed by atoms with Gasteiger partial charge in [0.05, 0.1) is 11.7 Å². The molecule has 1 N–H and O–H groups in total. The van der Waals surface area contributed by atoms with Crippen molar-refractivity contribution in [2.45, 2.75) is 18.9 Å². The van der Waals surface area contributed by atoms with Crippen LogP contribution in [0.25, 0.3) is 0 Å². The van der Waals surface area contributed by atoms with E-state index < -0.39 is 0 Å². The predicted molar refractivity (Wildman–Crippen MR) is 41.1 cm³/mol. The largest absolute Gasteiger partial charge is 0.312 e. The summed E-state index contributed by atoms with van der Waals surface area (Å²) in [6.45, 7) is 0. The number of nitrogens with zero attached hydrogens (tertiary/aromatic N) is 3. The number of fused-ring (bicyclic) bond motifs is 1. The van der Waals surface area contributed by atoms with E-state index in [1.165, 1.54) is 5.69 Å². The molecule has 0 saturated carbocycles. The molecular weight excluding hydrogens is 140 g/mol. The monoisotopic (exact) mass is 152 g/mol. The molecular formula is C7H12N4. The van der Waals surface area contributed by atoms with E-state index in [1.807, 2.05) is 18.8 Å². The number of nitrogens with one attached hydrogen (secondary N) is 1. The molecule has 2 rings (SSSR count). The summed E-state index contributed by atoms with van der Waals surface area (Å²) in [4.78, 5) is 0. The minimum Gasteiger partial charge on any atom is -0.312 e. The third-order valence-corrected chi connectivity index (χ3v) is 2.32. The lowest BCUT2D eigenvalue weighted by Crippen LogP contribution is -2.13. The highest BCUT2D eigenvalue weighted by Crippen LogP contribution is 2.27. The van der Waals surface area contributed by atoms with Crippen LogP contribution >= 0.6 is 0 Å². The Morgan fingerprint density at radius 1 is 1.64 bits per heavy atom. The van der Waals surface area contributed by atoms with Gasteiger partial charge in [0.2, 0.25) is 0 Å². The lowest BCUT2D eigenvalue weighted by molar-refractivity contribution is 0.557. The second kappa shape index (κ2) is 2.30. The molecule has 0 radical (unpaired) electrons. The van der Waals surface area contributed by atoms with E-state index in [2.05, 4.69) is 15.6 Å². The molecule has 4 heteroatoms. The molecule has 0 saturated heterocycles. The number of aryl methyl sites for hydroxylation is 1. The first kappa shape index (κ1) is 6.79. The van der Waals surface area contributed by atoms with Crippen molar-refractivity contribution in [3.05, 3.63) is 11.4 Å². The quantitative estimate of drug-likeness (QED) is 0.617. The standard InChI is InChI=1S/C7H12N4/c1-8-5-3-4-6-7(5)9-10-11(6)2/h5,8H,3-4H2,1-2H3. The molecule has 1 aromatic heterocycles. The van der Waals surface area contributed by atoms with Gasteiger partial charge in [0.25, 0.3) is 0 Å². The highest BCUT2D eigenvalue weighted by molar-refractivity contribution is 5.20. The summed E-state index contributed by atoms with van der Waals surface area (Å²) in [7, 11) is 3.92. The Hall–Kier alpha value is -0.900. The van der Waals surface area contributed by atoms with Crippen molar-refractivity contribution in [3.8, 4) is 0 Å². The first-order valence-corrected chi connectivity index (χ1v) is 3.88. The van der Waals surface area contributed by atoms with E-state index in [9.17, 15) is 0 Å². The van der Waals surface area contributed by atoms with Gasteiger partial charge in [-0.2, -0.15) is 0 Å². The van der Waals surface area contributed by atoms with Crippen molar-refractivity contribution in [2.75, 3.05) is 7.05 Å². The van der Waals surface area contributed by atoms with Crippen LogP contribution in [0.1, 0.15) is 23.9 Å². The van der Waals surface area contributed by atoms with Crippen molar-refractivity contribution in [1.82, 2.24) is 20.3 Å². The zero-order chi connectivity index (χ0) is 7.84. The van der Waals surface area contributed by atoms with Gasteiger partial charge in [0, 0.05) is 7.05 Å². The molecule has 11 heavy (non-hydrogen) atoms. The summed E-state index contributed by atoms with van der Waals surface area (Å²) >= 11 is 0. The van der Waals surface area contributed by atoms with Crippen molar-refractivity contribution >= 4 is 0 Å². The van der Waals surface area contributed by atoms with Crippen LogP contribution in [-0.4, -0.2) is 22.0 Å². The molecule has 0 aromatic carbocycles. The van der Waals surface area contributed by atoms with E-state index in [0.29, 0.717) is 6.04 Å². The molecule has 4 nitrogen and oxygen atoms in total.